The zero-order chi connectivity index (χ0) is 19.0. The molecule has 0 saturated carbocycles. The molecule has 1 saturated heterocycles. The fourth-order valence-electron chi connectivity index (χ4n) is 3.88. The quantitative estimate of drug-likeness (QED) is 0.699. The molecule has 0 N–H and O–H groups in total. The van der Waals surface area contributed by atoms with Crippen LogP contribution in [-0.4, -0.2) is 37.0 Å². The van der Waals surface area contributed by atoms with Crippen LogP contribution in [0.25, 0.3) is 11.0 Å². The van der Waals surface area contributed by atoms with E-state index in [1.165, 1.54) is 16.8 Å². The Kier molecular flexibility index (Phi) is 4.65. The predicted octanol–water partition coefficient (Wildman–Crippen LogP) is 4.25. The molecule has 1 fully saturated rings. The molecule has 0 unspecified atom stereocenters. The summed E-state index contributed by atoms with van der Waals surface area (Å²) in [5.41, 5.74) is 6.94. The van der Waals surface area contributed by atoms with Gasteiger partial charge in [-0.3, -0.25) is 4.79 Å². The molecule has 140 valence electrons. The number of nitrogens with zero attached hydrogens (tertiary/aromatic N) is 2. The summed E-state index contributed by atoms with van der Waals surface area (Å²) in [7, 11) is 0. The second-order valence-electron chi connectivity index (χ2n) is 7.52. The topological polar surface area (TPSA) is 36.7 Å². The minimum Gasteiger partial charge on any atom is -0.464 e. The van der Waals surface area contributed by atoms with E-state index in [0.717, 1.165) is 48.3 Å². The first-order valence-electron chi connectivity index (χ1n) is 9.58. The van der Waals surface area contributed by atoms with Gasteiger partial charge >= 0.3 is 0 Å². The third kappa shape index (κ3) is 3.44. The number of hydrogen-bond acceptors (Lipinski definition) is 3. The minimum absolute atomic E-state index is 0.180. The fourth-order valence-corrected chi connectivity index (χ4v) is 3.88. The van der Waals surface area contributed by atoms with Crippen molar-refractivity contribution in [3.05, 3.63) is 64.9 Å². The van der Waals surface area contributed by atoms with Crippen LogP contribution < -0.4 is 4.90 Å². The number of anilines is 1. The molecular weight excluding hydrogens is 336 g/mol. The van der Waals surface area contributed by atoms with Gasteiger partial charge in [0.25, 0.3) is 0 Å². The second-order valence-corrected chi connectivity index (χ2v) is 7.52. The Morgan fingerprint density at radius 1 is 1.04 bits per heavy atom. The van der Waals surface area contributed by atoms with E-state index in [2.05, 4.69) is 49.1 Å². The summed E-state index contributed by atoms with van der Waals surface area (Å²) in [5.74, 6) is 0.180. The summed E-state index contributed by atoms with van der Waals surface area (Å²) in [6.07, 6.45) is 2.13. The van der Waals surface area contributed by atoms with Crippen molar-refractivity contribution in [1.29, 1.82) is 0 Å². The number of carbonyl (C=O) groups is 1. The van der Waals surface area contributed by atoms with Crippen LogP contribution in [0.2, 0.25) is 0 Å². The fraction of sp³-hybridized carbons (Fsp3) is 0.348. The van der Waals surface area contributed by atoms with E-state index in [-0.39, 0.29) is 5.91 Å². The highest BCUT2D eigenvalue weighted by Gasteiger charge is 2.23. The number of rotatable bonds is 3. The standard InChI is InChI=1S/C23H26N2O2/c1-16-7-8-20-19(15-27-22(20)13-16)14-23(26)25-11-9-24(10-12-25)21-6-4-5-17(2)18(21)3/h4-8,13,15H,9-12,14H2,1-3H3. The Balaban J connectivity index is 1.42. The summed E-state index contributed by atoms with van der Waals surface area (Å²) in [6, 6.07) is 12.6. The van der Waals surface area contributed by atoms with Crippen molar-refractivity contribution in [3.63, 3.8) is 0 Å². The minimum atomic E-state index is 0.180. The van der Waals surface area contributed by atoms with E-state index < -0.39 is 0 Å². The van der Waals surface area contributed by atoms with Crippen molar-refractivity contribution < 1.29 is 9.21 Å². The third-order valence-electron chi connectivity index (χ3n) is 5.70. The van der Waals surface area contributed by atoms with Gasteiger partial charge in [-0.2, -0.15) is 0 Å². The lowest BCUT2D eigenvalue weighted by molar-refractivity contribution is -0.130. The van der Waals surface area contributed by atoms with Crippen LogP contribution in [0.4, 0.5) is 5.69 Å². The van der Waals surface area contributed by atoms with E-state index in [4.69, 9.17) is 4.42 Å². The molecule has 1 amide bonds. The van der Waals surface area contributed by atoms with Crippen molar-refractivity contribution >= 4 is 22.6 Å². The van der Waals surface area contributed by atoms with Gasteiger partial charge in [0.2, 0.25) is 5.91 Å². The van der Waals surface area contributed by atoms with Gasteiger partial charge < -0.3 is 14.2 Å². The molecule has 2 aromatic carbocycles. The van der Waals surface area contributed by atoms with Crippen LogP contribution in [0.5, 0.6) is 0 Å². The van der Waals surface area contributed by atoms with E-state index in [9.17, 15) is 4.79 Å². The first-order chi connectivity index (χ1) is 13.0. The van der Waals surface area contributed by atoms with Crippen LogP contribution in [0.15, 0.2) is 47.1 Å². The molecule has 4 nitrogen and oxygen atoms in total. The van der Waals surface area contributed by atoms with Crippen molar-refractivity contribution in [3.8, 4) is 0 Å². The Morgan fingerprint density at radius 3 is 2.59 bits per heavy atom. The van der Waals surface area contributed by atoms with Crippen LogP contribution >= 0.6 is 0 Å². The van der Waals surface area contributed by atoms with Gasteiger partial charge in [-0.05, 0) is 49.6 Å². The van der Waals surface area contributed by atoms with Crippen LogP contribution in [0.1, 0.15) is 22.3 Å². The lowest BCUT2D eigenvalue weighted by atomic mass is 10.1. The largest absolute Gasteiger partial charge is 0.464 e. The van der Waals surface area contributed by atoms with Gasteiger partial charge in [0, 0.05) is 42.8 Å². The summed E-state index contributed by atoms with van der Waals surface area (Å²) in [5, 5.41) is 1.04. The van der Waals surface area contributed by atoms with Crippen LogP contribution in [0, 0.1) is 20.8 Å². The first kappa shape index (κ1) is 17.7. The summed E-state index contributed by atoms with van der Waals surface area (Å²) < 4.78 is 5.64. The summed E-state index contributed by atoms with van der Waals surface area (Å²) in [4.78, 5) is 17.2. The lowest BCUT2D eigenvalue weighted by Gasteiger charge is -2.37. The summed E-state index contributed by atoms with van der Waals surface area (Å²) in [6.45, 7) is 9.65. The van der Waals surface area contributed by atoms with Gasteiger partial charge in [-0.15, -0.1) is 0 Å². The van der Waals surface area contributed by atoms with Gasteiger partial charge in [-0.1, -0.05) is 24.3 Å². The van der Waals surface area contributed by atoms with Crippen molar-refractivity contribution in [1.82, 2.24) is 4.90 Å². The zero-order valence-corrected chi connectivity index (χ0v) is 16.3. The number of benzene rings is 2. The SMILES string of the molecule is Cc1ccc2c(CC(=O)N3CCN(c4cccc(C)c4C)CC3)coc2c1. The molecule has 0 aliphatic carbocycles. The number of aryl methyl sites for hydroxylation is 2. The average Bonchev–Trinajstić information content (AvgIpc) is 3.06. The van der Waals surface area contributed by atoms with E-state index in [0.29, 0.717) is 6.42 Å². The number of carbonyl (C=O) groups excluding carboxylic acids is 1. The summed E-state index contributed by atoms with van der Waals surface area (Å²) >= 11 is 0. The highest BCUT2D eigenvalue weighted by Crippen LogP contribution is 2.25. The molecule has 0 atom stereocenters. The average molecular weight is 362 g/mol. The Bertz CT molecular complexity index is 981. The Morgan fingerprint density at radius 2 is 1.81 bits per heavy atom. The number of hydrogen-bond donors (Lipinski definition) is 0. The second kappa shape index (κ2) is 7.10. The maximum atomic E-state index is 12.8. The van der Waals surface area contributed by atoms with E-state index >= 15 is 0 Å². The first-order valence-corrected chi connectivity index (χ1v) is 9.58. The molecule has 0 bridgehead atoms. The van der Waals surface area contributed by atoms with Crippen molar-refractivity contribution in [2.45, 2.75) is 27.2 Å². The number of furan rings is 1. The van der Waals surface area contributed by atoms with Crippen LogP contribution in [-0.2, 0) is 11.2 Å². The molecule has 2 heterocycles. The Labute approximate surface area is 160 Å². The van der Waals surface area contributed by atoms with Crippen molar-refractivity contribution in [2.75, 3.05) is 31.1 Å². The molecule has 0 spiro atoms. The molecule has 3 aromatic rings. The molecule has 1 aliphatic heterocycles. The molecule has 4 rings (SSSR count). The van der Waals surface area contributed by atoms with E-state index in [1.54, 1.807) is 6.26 Å². The number of piperazine rings is 1. The van der Waals surface area contributed by atoms with Gasteiger partial charge in [0.05, 0.1) is 12.7 Å². The monoisotopic (exact) mass is 362 g/mol. The Hall–Kier alpha value is -2.75. The smallest absolute Gasteiger partial charge is 0.227 e. The molecule has 1 aliphatic rings. The molecular formula is C23H26N2O2. The predicted molar refractivity (Wildman–Crippen MR) is 109 cm³/mol. The molecule has 1 aromatic heterocycles. The number of amides is 1. The molecule has 4 heteroatoms. The normalized spacial score (nSPS) is 14.8. The third-order valence-corrected chi connectivity index (χ3v) is 5.70. The van der Waals surface area contributed by atoms with Crippen molar-refractivity contribution in [2.24, 2.45) is 0 Å². The molecule has 0 radical (unpaired) electrons. The van der Waals surface area contributed by atoms with E-state index in [1.807, 2.05) is 17.9 Å². The highest BCUT2D eigenvalue weighted by atomic mass is 16.3. The van der Waals surface area contributed by atoms with Crippen LogP contribution in [0.3, 0.4) is 0 Å². The highest BCUT2D eigenvalue weighted by molar-refractivity contribution is 5.88. The maximum Gasteiger partial charge on any atom is 0.227 e. The lowest BCUT2D eigenvalue weighted by Crippen LogP contribution is -2.49. The van der Waals surface area contributed by atoms with Gasteiger partial charge in [-0.25, -0.2) is 0 Å². The number of fused-ring (bicyclic) bond motifs is 1. The molecule has 27 heavy (non-hydrogen) atoms. The zero-order valence-electron chi connectivity index (χ0n) is 16.3. The van der Waals surface area contributed by atoms with Gasteiger partial charge in [0.1, 0.15) is 5.58 Å². The van der Waals surface area contributed by atoms with Gasteiger partial charge in [0.15, 0.2) is 0 Å². The maximum absolute atomic E-state index is 12.8.